The molecule has 1 aliphatic heterocycles. The molecule has 0 saturated heterocycles. The van der Waals surface area contributed by atoms with Gasteiger partial charge in [0.15, 0.2) is 0 Å². The van der Waals surface area contributed by atoms with E-state index in [1.165, 1.54) is 17.0 Å². The van der Waals surface area contributed by atoms with E-state index >= 15 is 0 Å². The van der Waals surface area contributed by atoms with Crippen molar-refractivity contribution in [2.24, 2.45) is 0 Å². The van der Waals surface area contributed by atoms with Crippen LogP contribution in [0, 0.1) is 0 Å². The maximum atomic E-state index is 4.76. The molecular weight excluding hydrogens is 232 g/mol. The normalized spacial score (nSPS) is 15.2. The van der Waals surface area contributed by atoms with Crippen LogP contribution in [-0.2, 0) is 13.0 Å². The van der Waals surface area contributed by atoms with Gasteiger partial charge in [-0.3, -0.25) is 0 Å². The summed E-state index contributed by atoms with van der Waals surface area (Å²) in [6.45, 7) is 6.36. The Labute approximate surface area is 105 Å². The minimum Gasteiger partial charge on any atom is -0.312 e. The molecule has 1 aliphatic rings. The lowest BCUT2D eigenvalue weighted by atomic mass is 10.0. The van der Waals surface area contributed by atoms with Crippen molar-refractivity contribution in [3.8, 4) is 5.13 Å². The zero-order chi connectivity index (χ0) is 11.8. The molecule has 5 heteroatoms. The van der Waals surface area contributed by atoms with Crippen molar-refractivity contribution in [3.63, 3.8) is 0 Å². The van der Waals surface area contributed by atoms with Crippen molar-refractivity contribution in [2.45, 2.75) is 32.7 Å². The Bertz CT molecular complexity index is 513. The second kappa shape index (κ2) is 4.23. The fourth-order valence-electron chi connectivity index (χ4n) is 2.32. The van der Waals surface area contributed by atoms with Crippen LogP contribution in [0.5, 0.6) is 0 Å². The van der Waals surface area contributed by atoms with Crippen molar-refractivity contribution in [1.29, 1.82) is 0 Å². The van der Waals surface area contributed by atoms with Gasteiger partial charge in [-0.1, -0.05) is 13.8 Å². The third-order valence-corrected chi connectivity index (χ3v) is 3.86. The molecule has 1 N–H and O–H groups in total. The largest absolute Gasteiger partial charge is 0.312 e. The summed E-state index contributed by atoms with van der Waals surface area (Å²) in [5.74, 6) is 0.463. The molecule has 0 amide bonds. The minimum absolute atomic E-state index is 0.463. The summed E-state index contributed by atoms with van der Waals surface area (Å²) >= 11 is 1.64. The molecule has 2 aromatic heterocycles. The predicted octanol–water partition coefficient (Wildman–Crippen LogP) is 2.10. The molecule has 0 unspecified atom stereocenters. The molecular formula is C12H16N4S. The number of fused-ring (bicyclic) bond motifs is 1. The highest BCUT2D eigenvalue weighted by atomic mass is 32.1. The fraction of sp³-hybridized carbons (Fsp3) is 0.500. The van der Waals surface area contributed by atoms with Crippen LogP contribution in [0.2, 0.25) is 0 Å². The third-order valence-electron chi connectivity index (χ3n) is 3.11. The van der Waals surface area contributed by atoms with Crippen molar-refractivity contribution >= 4 is 11.3 Å². The maximum absolute atomic E-state index is 4.76. The van der Waals surface area contributed by atoms with Gasteiger partial charge in [0.05, 0.1) is 11.4 Å². The monoisotopic (exact) mass is 248 g/mol. The van der Waals surface area contributed by atoms with E-state index in [1.54, 1.807) is 11.3 Å². The molecule has 2 aromatic rings. The smallest absolute Gasteiger partial charge is 0.210 e. The molecule has 3 rings (SSSR count). The molecule has 0 aromatic carbocycles. The van der Waals surface area contributed by atoms with Crippen LogP contribution in [0.4, 0.5) is 0 Å². The van der Waals surface area contributed by atoms with Gasteiger partial charge in [0.25, 0.3) is 0 Å². The highest BCUT2D eigenvalue weighted by Crippen LogP contribution is 2.27. The summed E-state index contributed by atoms with van der Waals surface area (Å²) in [5, 5.41) is 11.2. The van der Waals surface area contributed by atoms with Crippen molar-refractivity contribution in [3.05, 3.63) is 28.5 Å². The van der Waals surface area contributed by atoms with E-state index < -0.39 is 0 Å². The van der Waals surface area contributed by atoms with Crippen LogP contribution in [0.25, 0.3) is 5.13 Å². The average molecular weight is 248 g/mol. The molecule has 0 atom stereocenters. The zero-order valence-corrected chi connectivity index (χ0v) is 10.9. The Kier molecular flexibility index (Phi) is 2.72. The van der Waals surface area contributed by atoms with Gasteiger partial charge in [-0.2, -0.15) is 5.10 Å². The lowest BCUT2D eigenvalue weighted by molar-refractivity contribution is 0.620. The topological polar surface area (TPSA) is 42.7 Å². The van der Waals surface area contributed by atoms with Crippen LogP contribution in [0.15, 0.2) is 11.6 Å². The van der Waals surface area contributed by atoms with E-state index in [1.807, 2.05) is 16.3 Å². The van der Waals surface area contributed by atoms with E-state index in [2.05, 4.69) is 24.1 Å². The zero-order valence-electron chi connectivity index (χ0n) is 10.1. The standard InChI is InChI=1S/C12H16N4S/c1-8(2)11-9-7-13-4-3-10(9)16(15-11)12-14-5-6-17-12/h5-6,8,13H,3-4,7H2,1-2H3. The summed E-state index contributed by atoms with van der Waals surface area (Å²) in [7, 11) is 0. The molecule has 0 fully saturated rings. The number of hydrogen-bond donors (Lipinski definition) is 1. The molecule has 0 saturated carbocycles. The Morgan fingerprint density at radius 3 is 3.06 bits per heavy atom. The second-order valence-corrected chi connectivity index (χ2v) is 5.49. The molecule has 90 valence electrons. The number of hydrogen-bond acceptors (Lipinski definition) is 4. The van der Waals surface area contributed by atoms with Crippen molar-refractivity contribution in [1.82, 2.24) is 20.1 Å². The molecule has 0 spiro atoms. The first-order chi connectivity index (χ1) is 8.27. The van der Waals surface area contributed by atoms with Gasteiger partial charge in [-0.25, -0.2) is 9.67 Å². The van der Waals surface area contributed by atoms with Crippen LogP contribution >= 0.6 is 11.3 Å². The van der Waals surface area contributed by atoms with Gasteiger partial charge in [0, 0.05) is 36.7 Å². The summed E-state index contributed by atoms with van der Waals surface area (Å²) in [5.41, 5.74) is 3.92. The summed E-state index contributed by atoms with van der Waals surface area (Å²) in [4.78, 5) is 4.37. The summed E-state index contributed by atoms with van der Waals surface area (Å²) < 4.78 is 2.04. The van der Waals surface area contributed by atoms with Crippen LogP contribution in [0.3, 0.4) is 0 Å². The number of aromatic nitrogens is 3. The van der Waals surface area contributed by atoms with Crippen molar-refractivity contribution in [2.75, 3.05) is 6.54 Å². The maximum Gasteiger partial charge on any atom is 0.210 e. The third kappa shape index (κ3) is 1.79. The van der Waals surface area contributed by atoms with Gasteiger partial charge in [0.2, 0.25) is 5.13 Å². The van der Waals surface area contributed by atoms with Crippen LogP contribution in [0.1, 0.15) is 36.7 Å². The SMILES string of the molecule is CC(C)c1nn(-c2nccs2)c2c1CNCC2. The molecule has 0 aliphatic carbocycles. The van der Waals surface area contributed by atoms with Crippen LogP contribution < -0.4 is 5.32 Å². The van der Waals surface area contributed by atoms with Gasteiger partial charge in [-0.05, 0) is 5.92 Å². The van der Waals surface area contributed by atoms with E-state index in [9.17, 15) is 0 Å². The average Bonchev–Trinajstić information content (AvgIpc) is 2.95. The number of thiazole rings is 1. The molecule has 0 bridgehead atoms. The molecule has 3 heterocycles. The van der Waals surface area contributed by atoms with Gasteiger partial charge in [0.1, 0.15) is 0 Å². The van der Waals surface area contributed by atoms with E-state index in [0.717, 1.165) is 24.6 Å². The number of rotatable bonds is 2. The summed E-state index contributed by atoms with van der Waals surface area (Å²) in [6, 6.07) is 0. The number of nitrogens with one attached hydrogen (secondary N) is 1. The lowest BCUT2D eigenvalue weighted by Gasteiger charge is -2.15. The quantitative estimate of drug-likeness (QED) is 0.885. The first-order valence-electron chi connectivity index (χ1n) is 5.98. The Hall–Kier alpha value is -1.20. The molecule has 4 nitrogen and oxygen atoms in total. The summed E-state index contributed by atoms with van der Waals surface area (Å²) in [6.07, 6.45) is 2.87. The van der Waals surface area contributed by atoms with Crippen LogP contribution in [-0.4, -0.2) is 21.3 Å². The van der Waals surface area contributed by atoms with E-state index in [-0.39, 0.29) is 0 Å². The predicted molar refractivity (Wildman–Crippen MR) is 68.7 cm³/mol. The van der Waals surface area contributed by atoms with Crippen molar-refractivity contribution < 1.29 is 0 Å². The number of nitrogens with zero attached hydrogens (tertiary/aromatic N) is 3. The molecule has 0 radical (unpaired) electrons. The highest BCUT2D eigenvalue weighted by Gasteiger charge is 2.23. The Balaban J connectivity index is 2.16. The van der Waals surface area contributed by atoms with E-state index in [0.29, 0.717) is 5.92 Å². The minimum atomic E-state index is 0.463. The highest BCUT2D eigenvalue weighted by molar-refractivity contribution is 7.12. The van der Waals surface area contributed by atoms with Gasteiger partial charge >= 0.3 is 0 Å². The van der Waals surface area contributed by atoms with E-state index in [4.69, 9.17) is 5.10 Å². The Morgan fingerprint density at radius 1 is 1.47 bits per heavy atom. The fourth-order valence-corrected chi connectivity index (χ4v) is 2.93. The molecule has 17 heavy (non-hydrogen) atoms. The lowest BCUT2D eigenvalue weighted by Crippen LogP contribution is -2.25. The first-order valence-corrected chi connectivity index (χ1v) is 6.86. The van der Waals surface area contributed by atoms with Gasteiger partial charge < -0.3 is 5.32 Å². The Morgan fingerprint density at radius 2 is 2.35 bits per heavy atom. The van der Waals surface area contributed by atoms with Gasteiger partial charge in [-0.15, -0.1) is 11.3 Å². The first kappa shape index (κ1) is 10.9. The second-order valence-electron chi connectivity index (χ2n) is 4.62.